The molecule has 0 saturated carbocycles. The second kappa shape index (κ2) is 6.68. The summed E-state index contributed by atoms with van der Waals surface area (Å²) in [7, 11) is 0. The largest absolute Gasteiger partial charge is 0.481 e. The highest BCUT2D eigenvalue weighted by Crippen LogP contribution is 2.28. The first-order valence-electron chi connectivity index (χ1n) is 6.83. The smallest absolute Gasteiger partial charge is 0.312 e. The molecule has 0 fully saturated rings. The van der Waals surface area contributed by atoms with E-state index in [0.29, 0.717) is 6.54 Å². The molecule has 1 aliphatic heterocycles. The molecule has 104 valence electrons. The van der Waals surface area contributed by atoms with E-state index in [0.717, 1.165) is 43.9 Å². The van der Waals surface area contributed by atoms with Crippen molar-refractivity contribution >= 4 is 5.97 Å². The van der Waals surface area contributed by atoms with Crippen molar-refractivity contribution in [2.24, 2.45) is 0 Å². The van der Waals surface area contributed by atoms with Crippen molar-refractivity contribution in [3.63, 3.8) is 0 Å². The van der Waals surface area contributed by atoms with Crippen LogP contribution in [0.1, 0.15) is 30.4 Å². The maximum absolute atomic E-state index is 11.4. The Hall–Kier alpha value is -1.39. The van der Waals surface area contributed by atoms with Crippen molar-refractivity contribution < 1.29 is 14.6 Å². The first-order chi connectivity index (χ1) is 9.22. The molecular formula is C15H21NO3. The van der Waals surface area contributed by atoms with Gasteiger partial charge in [0.2, 0.25) is 0 Å². The number of aliphatic carboxylic acids is 1. The van der Waals surface area contributed by atoms with Crippen molar-refractivity contribution in [3.8, 4) is 0 Å². The molecule has 4 heteroatoms. The molecular weight excluding hydrogens is 242 g/mol. The van der Waals surface area contributed by atoms with Crippen molar-refractivity contribution in [3.05, 3.63) is 35.4 Å². The average Bonchev–Trinajstić information content (AvgIpc) is 2.42. The molecule has 0 spiro atoms. The van der Waals surface area contributed by atoms with Crippen LogP contribution in [0.3, 0.4) is 0 Å². The Kier molecular flexibility index (Phi) is 4.93. The van der Waals surface area contributed by atoms with Crippen molar-refractivity contribution in [2.75, 3.05) is 26.3 Å². The maximum atomic E-state index is 11.4. The van der Waals surface area contributed by atoms with Gasteiger partial charge in [0.25, 0.3) is 0 Å². The number of benzene rings is 1. The summed E-state index contributed by atoms with van der Waals surface area (Å²) in [6.07, 6.45) is 0.947. The van der Waals surface area contributed by atoms with Gasteiger partial charge >= 0.3 is 5.97 Å². The first kappa shape index (κ1) is 14.0. The van der Waals surface area contributed by atoms with Gasteiger partial charge in [-0.15, -0.1) is 0 Å². The third-order valence-electron chi connectivity index (χ3n) is 3.53. The molecule has 0 saturated heterocycles. The Bertz CT molecular complexity index is 433. The van der Waals surface area contributed by atoms with Crippen molar-refractivity contribution in [2.45, 2.75) is 25.8 Å². The topological polar surface area (TPSA) is 49.8 Å². The van der Waals surface area contributed by atoms with Crippen molar-refractivity contribution in [1.82, 2.24) is 4.90 Å². The monoisotopic (exact) mass is 263 g/mol. The van der Waals surface area contributed by atoms with Crippen LogP contribution in [0.5, 0.6) is 0 Å². The molecule has 1 heterocycles. The number of nitrogens with zero attached hydrogens (tertiary/aromatic N) is 1. The van der Waals surface area contributed by atoms with Gasteiger partial charge in [-0.2, -0.15) is 0 Å². The van der Waals surface area contributed by atoms with Crippen LogP contribution in [-0.4, -0.2) is 42.3 Å². The van der Waals surface area contributed by atoms with E-state index < -0.39 is 11.9 Å². The summed E-state index contributed by atoms with van der Waals surface area (Å²) >= 11 is 0. The lowest BCUT2D eigenvalue weighted by Crippen LogP contribution is -2.37. The zero-order valence-corrected chi connectivity index (χ0v) is 11.3. The number of hydrogen-bond acceptors (Lipinski definition) is 3. The standard InChI is InChI=1S/C15H21NO3/c1-2-19-9-5-8-16-10-12-6-3-4-7-13(12)14(11-16)15(17)18/h3-4,6-7,14H,2,5,8-11H2,1H3,(H,17,18). The summed E-state index contributed by atoms with van der Waals surface area (Å²) in [5, 5.41) is 9.36. The van der Waals surface area contributed by atoms with Crippen LogP contribution in [-0.2, 0) is 16.1 Å². The fourth-order valence-corrected chi connectivity index (χ4v) is 2.60. The van der Waals surface area contributed by atoms with E-state index in [4.69, 9.17) is 4.74 Å². The summed E-state index contributed by atoms with van der Waals surface area (Å²) in [5.74, 6) is -1.14. The van der Waals surface area contributed by atoms with Gasteiger partial charge in [-0.3, -0.25) is 9.69 Å². The Balaban J connectivity index is 2.01. The third-order valence-corrected chi connectivity index (χ3v) is 3.53. The van der Waals surface area contributed by atoms with Gasteiger partial charge in [-0.05, 0) is 24.5 Å². The fraction of sp³-hybridized carbons (Fsp3) is 0.533. The summed E-state index contributed by atoms with van der Waals surface area (Å²) in [4.78, 5) is 13.6. The zero-order chi connectivity index (χ0) is 13.7. The quantitative estimate of drug-likeness (QED) is 0.799. The predicted octanol–water partition coefficient (Wildman–Crippen LogP) is 2.10. The Labute approximate surface area is 114 Å². The van der Waals surface area contributed by atoms with Crippen LogP contribution in [0.15, 0.2) is 24.3 Å². The molecule has 1 unspecified atom stereocenters. The third kappa shape index (κ3) is 3.55. The molecule has 1 N–H and O–H groups in total. The lowest BCUT2D eigenvalue weighted by molar-refractivity contribution is -0.139. The van der Waals surface area contributed by atoms with E-state index in [1.807, 2.05) is 31.2 Å². The maximum Gasteiger partial charge on any atom is 0.312 e. The van der Waals surface area contributed by atoms with Gasteiger partial charge in [-0.25, -0.2) is 0 Å². The van der Waals surface area contributed by atoms with E-state index in [9.17, 15) is 9.90 Å². The molecule has 0 aromatic heterocycles. The highest BCUT2D eigenvalue weighted by molar-refractivity contribution is 5.77. The number of ether oxygens (including phenoxy) is 1. The molecule has 1 aliphatic rings. The van der Waals surface area contributed by atoms with E-state index in [1.54, 1.807) is 0 Å². The van der Waals surface area contributed by atoms with Gasteiger partial charge in [0, 0.05) is 32.8 Å². The lowest BCUT2D eigenvalue weighted by atomic mass is 9.90. The number of fused-ring (bicyclic) bond motifs is 1. The number of hydrogen-bond donors (Lipinski definition) is 1. The number of rotatable bonds is 6. The number of carboxylic acid groups (broad SMARTS) is 1. The molecule has 1 aromatic rings. The van der Waals surface area contributed by atoms with Crippen LogP contribution in [0.4, 0.5) is 0 Å². The minimum Gasteiger partial charge on any atom is -0.481 e. The Morgan fingerprint density at radius 1 is 1.47 bits per heavy atom. The minimum absolute atomic E-state index is 0.406. The molecule has 19 heavy (non-hydrogen) atoms. The van der Waals surface area contributed by atoms with Gasteiger partial charge < -0.3 is 9.84 Å². The Morgan fingerprint density at radius 3 is 3.00 bits per heavy atom. The normalized spacial score (nSPS) is 19.1. The molecule has 0 aliphatic carbocycles. The molecule has 0 radical (unpaired) electrons. The SMILES string of the molecule is CCOCCCN1Cc2ccccc2C(C(=O)O)C1. The lowest BCUT2D eigenvalue weighted by Gasteiger charge is -2.32. The summed E-state index contributed by atoms with van der Waals surface area (Å²) < 4.78 is 5.33. The van der Waals surface area contributed by atoms with Crippen LogP contribution in [0, 0.1) is 0 Å². The second-order valence-electron chi connectivity index (χ2n) is 4.88. The second-order valence-corrected chi connectivity index (χ2v) is 4.88. The van der Waals surface area contributed by atoms with Gasteiger partial charge in [0.15, 0.2) is 0 Å². The highest BCUT2D eigenvalue weighted by Gasteiger charge is 2.29. The molecule has 0 bridgehead atoms. The number of carboxylic acids is 1. The first-order valence-corrected chi connectivity index (χ1v) is 6.83. The van der Waals surface area contributed by atoms with Gasteiger partial charge in [-0.1, -0.05) is 24.3 Å². The predicted molar refractivity (Wildman–Crippen MR) is 73.2 cm³/mol. The fourth-order valence-electron chi connectivity index (χ4n) is 2.60. The summed E-state index contributed by atoms with van der Waals surface area (Å²) in [6.45, 7) is 5.78. The number of carbonyl (C=O) groups is 1. The summed E-state index contributed by atoms with van der Waals surface area (Å²) in [5.41, 5.74) is 2.11. The molecule has 1 aromatic carbocycles. The van der Waals surface area contributed by atoms with Gasteiger partial charge in [0.1, 0.15) is 0 Å². The average molecular weight is 263 g/mol. The van der Waals surface area contributed by atoms with E-state index in [1.165, 1.54) is 0 Å². The van der Waals surface area contributed by atoms with Crippen molar-refractivity contribution in [1.29, 1.82) is 0 Å². The minimum atomic E-state index is -0.734. The Morgan fingerprint density at radius 2 is 2.26 bits per heavy atom. The summed E-state index contributed by atoms with van der Waals surface area (Å²) in [6, 6.07) is 7.85. The van der Waals surface area contributed by atoms with Crippen LogP contribution in [0.2, 0.25) is 0 Å². The van der Waals surface area contributed by atoms with E-state index in [-0.39, 0.29) is 0 Å². The van der Waals surface area contributed by atoms with E-state index in [2.05, 4.69) is 4.90 Å². The molecule has 1 atom stereocenters. The molecule has 0 amide bonds. The zero-order valence-electron chi connectivity index (χ0n) is 11.3. The van der Waals surface area contributed by atoms with Crippen LogP contribution >= 0.6 is 0 Å². The van der Waals surface area contributed by atoms with Gasteiger partial charge in [0.05, 0.1) is 5.92 Å². The molecule has 2 rings (SSSR count). The van der Waals surface area contributed by atoms with E-state index >= 15 is 0 Å². The van der Waals surface area contributed by atoms with Crippen LogP contribution < -0.4 is 0 Å². The van der Waals surface area contributed by atoms with Crippen LogP contribution in [0.25, 0.3) is 0 Å². The highest BCUT2D eigenvalue weighted by atomic mass is 16.5. The molecule has 4 nitrogen and oxygen atoms in total.